The molecular formula is C10H20N2S. The monoisotopic (exact) mass is 200 g/mol. The topological polar surface area (TPSA) is 24.1 Å². The molecule has 0 spiro atoms. The van der Waals surface area contributed by atoms with E-state index in [9.17, 15) is 0 Å². The largest absolute Gasteiger partial charge is 0.363 e. The molecule has 0 amide bonds. The molecule has 1 aliphatic carbocycles. The summed E-state index contributed by atoms with van der Waals surface area (Å²) in [6.45, 7) is 5.47. The Morgan fingerprint density at radius 3 is 2.69 bits per heavy atom. The molecule has 0 atom stereocenters. The minimum atomic E-state index is 0.636. The van der Waals surface area contributed by atoms with Gasteiger partial charge in [-0.3, -0.25) is 0 Å². The van der Waals surface area contributed by atoms with Crippen LogP contribution in [0, 0.1) is 5.92 Å². The SMILES string of the molecule is CCCCNC(=S)NC1CC(C)C1. The fourth-order valence-corrected chi connectivity index (χ4v) is 1.90. The maximum Gasteiger partial charge on any atom is 0.166 e. The van der Waals surface area contributed by atoms with Gasteiger partial charge in [-0.15, -0.1) is 0 Å². The third kappa shape index (κ3) is 3.94. The van der Waals surface area contributed by atoms with Gasteiger partial charge in [0.2, 0.25) is 0 Å². The van der Waals surface area contributed by atoms with Crippen molar-refractivity contribution < 1.29 is 0 Å². The van der Waals surface area contributed by atoms with Gasteiger partial charge in [0.1, 0.15) is 0 Å². The lowest BCUT2D eigenvalue weighted by Crippen LogP contribution is -2.47. The molecule has 0 aliphatic heterocycles. The molecule has 0 heterocycles. The lowest BCUT2D eigenvalue weighted by atomic mass is 9.82. The Bertz CT molecular complexity index is 164. The minimum absolute atomic E-state index is 0.636. The molecule has 76 valence electrons. The number of rotatable bonds is 4. The zero-order valence-corrected chi connectivity index (χ0v) is 9.41. The van der Waals surface area contributed by atoms with E-state index in [-0.39, 0.29) is 0 Å². The summed E-state index contributed by atoms with van der Waals surface area (Å²) in [5.41, 5.74) is 0. The van der Waals surface area contributed by atoms with E-state index >= 15 is 0 Å². The van der Waals surface area contributed by atoms with Crippen LogP contribution in [-0.4, -0.2) is 17.7 Å². The van der Waals surface area contributed by atoms with Crippen molar-refractivity contribution in [2.24, 2.45) is 5.92 Å². The maximum atomic E-state index is 5.16. The molecule has 1 aliphatic rings. The smallest absolute Gasteiger partial charge is 0.166 e. The van der Waals surface area contributed by atoms with Crippen LogP contribution in [0.2, 0.25) is 0 Å². The Balaban J connectivity index is 1.98. The molecule has 0 aromatic carbocycles. The fourth-order valence-electron chi connectivity index (χ4n) is 1.64. The first-order valence-electron chi connectivity index (χ1n) is 5.26. The van der Waals surface area contributed by atoms with Crippen LogP contribution >= 0.6 is 12.2 Å². The standard InChI is InChI=1S/C10H20N2S/c1-3-4-5-11-10(13)12-9-6-8(2)7-9/h8-9H,3-7H2,1-2H3,(H2,11,12,13). The average Bonchev–Trinajstić information content (AvgIpc) is 2.02. The Morgan fingerprint density at radius 2 is 2.15 bits per heavy atom. The van der Waals surface area contributed by atoms with Crippen molar-refractivity contribution in [2.75, 3.05) is 6.54 Å². The van der Waals surface area contributed by atoms with Gasteiger partial charge in [-0.2, -0.15) is 0 Å². The van der Waals surface area contributed by atoms with Gasteiger partial charge < -0.3 is 10.6 Å². The molecule has 1 fully saturated rings. The summed E-state index contributed by atoms with van der Waals surface area (Å²) >= 11 is 5.16. The molecule has 2 N–H and O–H groups in total. The summed E-state index contributed by atoms with van der Waals surface area (Å²) in [5.74, 6) is 0.885. The van der Waals surface area contributed by atoms with Crippen LogP contribution in [0.4, 0.5) is 0 Å². The summed E-state index contributed by atoms with van der Waals surface area (Å²) in [7, 11) is 0. The first kappa shape index (κ1) is 10.8. The van der Waals surface area contributed by atoms with Crippen molar-refractivity contribution in [1.82, 2.24) is 10.6 Å². The first-order valence-corrected chi connectivity index (χ1v) is 5.67. The second-order valence-electron chi connectivity index (χ2n) is 4.03. The number of hydrogen-bond donors (Lipinski definition) is 2. The molecule has 0 aromatic heterocycles. The van der Waals surface area contributed by atoms with E-state index < -0.39 is 0 Å². The molecule has 1 saturated carbocycles. The fraction of sp³-hybridized carbons (Fsp3) is 0.900. The predicted octanol–water partition coefficient (Wildman–Crippen LogP) is 2.05. The van der Waals surface area contributed by atoms with Gasteiger partial charge >= 0.3 is 0 Å². The lowest BCUT2D eigenvalue weighted by molar-refractivity contribution is 0.267. The summed E-state index contributed by atoms with van der Waals surface area (Å²) in [6, 6.07) is 0.636. The summed E-state index contributed by atoms with van der Waals surface area (Å²) in [6.07, 6.45) is 4.96. The Kier molecular flexibility index (Phi) is 4.50. The first-order chi connectivity index (χ1) is 6.22. The molecule has 2 nitrogen and oxygen atoms in total. The molecule has 1 rings (SSSR count). The number of unbranched alkanes of at least 4 members (excludes halogenated alkanes) is 1. The van der Waals surface area contributed by atoms with Crippen LogP contribution in [0.1, 0.15) is 39.5 Å². The third-order valence-electron chi connectivity index (χ3n) is 2.52. The Morgan fingerprint density at radius 1 is 1.46 bits per heavy atom. The zero-order valence-electron chi connectivity index (χ0n) is 8.60. The van der Waals surface area contributed by atoms with Gasteiger partial charge in [-0.1, -0.05) is 20.3 Å². The second kappa shape index (κ2) is 5.43. The molecular weight excluding hydrogens is 180 g/mol. The third-order valence-corrected chi connectivity index (χ3v) is 2.79. The van der Waals surface area contributed by atoms with Gasteiger partial charge in [-0.05, 0) is 37.4 Å². The molecule has 0 aromatic rings. The van der Waals surface area contributed by atoms with E-state index in [4.69, 9.17) is 12.2 Å². The number of thiocarbonyl (C=S) groups is 1. The Hall–Kier alpha value is -0.310. The van der Waals surface area contributed by atoms with E-state index in [1.54, 1.807) is 0 Å². The van der Waals surface area contributed by atoms with Crippen LogP contribution in [0.3, 0.4) is 0 Å². The van der Waals surface area contributed by atoms with Gasteiger partial charge in [0.25, 0.3) is 0 Å². The predicted molar refractivity (Wildman–Crippen MR) is 60.8 cm³/mol. The molecule has 13 heavy (non-hydrogen) atoms. The summed E-state index contributed by atoms with van der Waals surface area (Å²) in [5, 5.41) is 7.38. The van der Waals surface area contributed by atoms with E-state index in [1.807, 2.05) is 0 Å². The summed E-state index contributed by atoms with van der Waals surface area (Å²) in [4.78, 5) is 0. The van der Waals surface area contributed by atoms with E-state index in [0.717, 1.165) is 17.6 Å². The van der Waals surface area contributed by atoms with Crippen LogP contribution < -0.4 is 10.6 Å². The molecule has 0 radical (unpaired) electrons. The van der Waals surface area contributed by atoms with Crippen molar-refractivity contribution >= 4 is 17.3 Å². The average molecular weight is 200 g/mol. The van der Waals surface area contributed by atoms with E-state index in [1.165, 1.54) is 25.7 Å². The van der Waals surface area contributed by atoms with Gasteiger partial charge in [0.05, 0.1) is 0 Å². The van der Waals surface area contributed by atoms with Crippen molar-refractivity contribution in [1.29, 1.82) is 0 Å². The van der Waals surface area contributed by atoms with Gasteiger partial charge in [0, 0.05) is 12.6 Å². The van der Waals surface area contributed by atoms with Crippen molar-refractivity contribution in [3.63, 3.8) is 0 Å². The summed E-state index contributed by atoms with van der Waals surface area (Å²) < 4.78 is 0. The molecule has 3 heteroatoms. The van der Waals surface area contributed by atoms with Crippen molar-refractivity contribution in [3.05, 3.63) is 0 Å². The van der Waals surface area contributed by atoms with Crippen LogP contribution in [-0.2, 0) is 0 Å². The number of nitrogens with one attached hydrogen (secondary N) is 2. The highest BCUT2D eigenvalue weighted by Gasteiger charge is 2.25. The molecule has 0 saturated heterocycles. The zero-order chi connectivity index (χ0) is 9.68. The van der Waals surface area contributed by atoms with Gasteiger partial charge in [0.15, 0.2) is 5.11 Å². The highest BCUT2D eigenvalue weighted by atomic mass is 32.1. The quantitative estimate of drug-likeness (QED) is 0.536. The van der Waals surface area contributed by atoms with Crippen LogP contribution in [0.15, 0.2) is 0 Å². The number of hydrogen-bond acceptors (Lipinski definition) is 1. The highest BCUT2D eigenvalue weighted by Crippen LogP contribution is 2.25. The van der Waals surface area contributed by atoms with Gasteiger partial charge in [-0.25, -0.2) is 0 Å². The van der Waals surface area contributed by atoms with E-state index in [0.29, 0.717) is 6.04 Å². The van der Waals surface area contributed by atoms with E-state index in [2.05, 4.69) is 24.5 Å². The Labute approximate surface area is 86.5 Å². The van der Waals surface area contributed by atoms with Crippen LogP contribution in [0.25, 0.3) is 0 Å². The second-order valence-corrected chi connectivity index (χ2v) is 4.44. The maximum absolute atomic E-state index is 5.16. The highest BCUT2D eigenvalue weighted by molar-refractivity contribution is 7.80. The molecule has 0 bridgehead atoms. The minimum Gasteiger partial charge on any atom is -0.363 e. The normalized spacial score (nSPS) is 26.3. The van der Waals surface area contributed by atoms with Crippen molar-refractivity contribution in [2.45, 2.75) is 45.6 Å². The van der Waals surface area contributed by atoms with Crippen LogP contribution in [0.5, 0.6) is 0 Å². The molecule has 0 unspecified atom stereocenters. The lowest BCUT2D eigenvalue weighted by Gasteiger charge is -2.34. The van der Waals surface area contributed by atoms with Crippen molar-refractivity contribution in [3.8, 4) is 0 Å².